The molecule has 0 spiro atoms. The highest BCUT2D eigenvalue weighted by molar-refractivity contribution is 5.68. The summed E-state index contributed by atoms with van der Waals surface area (Å²) in [6.07, 6.45) is 1.90. The van der Waals surface area contributed by atoms with Gasteiger partial charge in [0.25, 0.3) is 0 Å². The summed E-state index contributed by atoms with van der Waals surface area (Å²) in [6.45, 7) is 3.78. The van der Waals surface area contributed by atoms with Gasteiger partial charge in [-0.2, -0.15) is 0 Å². The topological polar surface area (TPSA) is 65.0 Å². The second-order valence-electron chi connectivity index (χ2n) is 7.18. The quantitative estimate of drug-likeness (QED) is 0.741. The van der Waals surface area contributed by atoms with Crippen LogP contribution in [0.2, 0.25) is 0 Å². The van der Waals surface area contributed by atoms with Crippen molar-refractivity contribution in [1.82, 2.24) is 0 Å². The molecular formula is C22H26O5. The van der Waals surface area contributed by atoms with Crippen molar-refractivity contribution in [3.05, 3.63) is 48.0 Å². The summed E-state index contributed by atoms with van der Waals surface area (Å²) in [4.78, 5) is 10.6. The van der Waals surface area contributed by atoms with E-state index in [-0.39, 0.29) is 18.8 Å². The number of aliphatic carboxylic acids is 1. The highest BCUT2D eigenvalue weighted by Crippen LogP contribution is 2.39. The number of carbonyl (C=O) groups is 1. The van der Waals surface area contributed by atoms with Crippen molar-refractivity contribution in [1.29, 1.82) is 0 Å². The van der Waals surface area contributed by atoms with Gasteiger partial charge in [0, 0.05) is 6.07 Å². The van der Waals surface area contributed by atoms with Crippen LogP contribution in [0.1, 0.15) is 38.2 Å². The van der Waals surface area contributed by atoms with Crippen LogP contribution in [-0.2, 0) is 9.53 Å². The Hall–Kier alpha value is -2.53. The maximum Gasteiger partial charge on any atom is 0.329 e. The highest BCUT2D eigenvalue weighted by Gasteiger charge is 2.31. The molecule has 0 amide bonds. The summed E-state index contributed by atoms with van der Waals surface area (Å²) >= 11 is 0. The van der Waals surface area contributed by atoms with E-state index in [0.717, 1.165) is 35.5 Å². The number of rotatable bonds is 8. The lowest BCUT2D eigenvalue weighted by Gasteiger charge is -2.35. The third-order valence-electron chi connectivity index (χ3n) is 4.74. The molecule has 1 N–H and O–H groups in total. The molecule has 0 aliphatic heterocycles. The van der Waals surface area contributed by atoms with Gasteiger partial charge in [0.1, 0.15) is 18.1 Å². The predicted molar refractivity (Wildman–Crippen MR) is 104 cm³/mol. The summed E-state index contributed by atoms with van der Waals surface area (Å²) < 4.78 is 16.6. The predicted octanol–water partition coefficient (Wildman–Crippen LogP) is 4.50. The fourth-order valence-electron chi connectivity index (χ4n) is 3.31. The van der Waals surface area contributed by atoms with E-state index in [1.807, 2.05) is 32.0 Å². The number of carboxylic acid groups (broad SMARTS) is 1. The zero-order valence-corrected chi connectivity index (χ0v) is 16.0. The van der Waals surface area contributed by atoms with Crippen molar-refractivity contribution >= 4 is 5.97 Å². The number of methoxy groups -OCH3 is 1. The largest absolute Gasteiger partial charge is 0.497 e. The van der Waals surface area contributed by atoms with E-state index in [1.165, 1.54) is 5.56 Å². The Kier molecular flexibility index (Phi) is 6.01. The smallest absolute Gasteiger partial charge is 0.329 e. The van der Waals surface area contributed by atoms with Gasteiger partial charge in [0.2, 0.25) is 0 Å². The minimum absolute atomic E-state index is 0.0555. The standard InChI is InChI=1S/C22H26O5/c1-14(2)27-21-11-17(8-19(12-21)25-3)15-4-6-16(7-5-15)18-9-20(10-18)26-13-22(23)24/h4-8,11-12,14,18,20H,9-10,13H2,1-3H3,(H,23,24). The van der Waals surface area contributed by atoms with Crippen molar-refractivity contribution in [3.8, 4) is 22.6 Å². The van der Waals surface area contributed by atoms with E-state index in [9.17, 15) is 4.79 Å². The SMILES string of the molecule is COc1cc(OC(C)C)cc(-c2ccc(C3CC(OCC(=O)O)C3)cc2)c1. The monoisotopic (exact) mass is 370 g/mol. The molecule has 2 aromatic rings. The summed E-state index contributed by atoms with van der Waals surface area (Å²) in [5.41, 5.74) is 3.41. The van der Waals surface area contributed by atoms with Gasteiger partial charge in [-0.15, -0.1) is 0 Å². The molecule has 1 saturated carbocycles. The molecular weight excluding hydrogens is 344 g/mol. The lowest BCUT2D eigenvalue weighted by Crippen LogP contribution is -2.31. The van der Waals surface area contributed by atoms with Gasteiger partial charge in [-0.05, 0) is 61.4 Å². The average molecular weight is 370 g/mol. The van der Waals surface area contributed by atoms with Crippen LogP contribution >= 0.6 is 0 Å². The third kappa shape index (κ3) is 5.01. The molecule has 0 atom stereocenters. The van der Waals surface area contributed by atoms with Gasteiger partial charge in [-0.3, -0.25) is 0 Å². The maximum absolute atomic E-state index is 10.6. The minimum atomic E-state index is -0.915. The second-order valence-corrected chi connectivity index (χ2v) is 7.18. The van der Waals surface area contributed by atoms with Gasteiger partial charge in [-0.25, -0.2) is 4.79 Å². The maximum atomic E-state index is 10.6. The first-order valence-corrected chi connectivity index (χ1v) is 9.24. The Morgan fingerprint density at radius 3 is 2.33 bits per heavy atom. The second kappa shape index (κ2) is 8.44. The molecule has 3 rings (SSSR count). The summed E-state index contributed by atoms with van der Waals surface area (Å²) in [5, 5.41) is 8.67. The number of hydrogen-bond acceptors (Lipinski definition) is 4. The molecule has 0 saturated heterocycles. The summed E-state index contributed by atoms with van der Waals surface area (Å²) in [5.74, 6) is 1.08. The Balaban J connectivity index is 1.68. The lowest BCUT2D eigenvalue weighted by atomic mass is 9.77. The zero-order valence-electron chi connectivity index (χ0n) is 16.0. The molecule has 27 heavy (non-hydrogen) atoms. The van der Waals surface area contributed by atoms with E-state index in [1.54, 1.807) is 7.11 Å². The molecule has 1 fully saturated rings. The van der Waals surface area contributed by atoms with Gasteiger partial charge in [0.15, 0.2) is 0 Å². The van der Waals surface area contributed by atoms with Crippen molar-refractivity contribution in [3.63, 3.8) is 0 Å². The molecule has 0 heterocycles. The first-order valence-electron chi connectivity index (χ1n) is 9.24. The van der Waals surface area contributed by atoms with E-state index >= 15 is 0 Å². The average Bonchev–Trinajstić information content (AvgIpc) is 2.59. The number of ether oxygens (including phenoxy) is 3. The van der Waals surface area contributed by atoms with Crippen LogP contribution in [0, 0.1) is 0 Å². The van der Waals surface area contributed by atoms with Gasteiger partial charge in [-0.1, -0.05) is 24.3 Å². The van der Waals surface area contributed by atoms with E-state index in [2.05, 4.69) is 24.3 Å². The highest BCUT2D eigenvalue weighted by atomic mass is 16.5. The van der Waals surface area contributed by atoms with E-state index in [0.29, 0.717) is 5.92 Å². The normalized spacial score (nSPS) is 18.8. The summed E-state index contributed by atoms with van der Waals surface area (Å²) in [7, 11) is 1.65. The van der Waals surface area contributed by atoms with Crippen molar-refractivity contribution in [2.24, 2.45) is 0 Å². The zero-order chi connectivity index (χ0) is 19.4. The van der Waals surface area contributed by atoms with Crippen LogP contribution in [0.15, 0.2) is 42.5 Å². The first kappa shape index (κ1) is 19.2. The van der Waals surface area contributed by atoms with Crippen LogP contribution in [-0.4, -0.2) is 37.0 Å². The van der Waals surface area contributed by atoms with Crippen molar-refractivity contribution in [2.45, 2.75) is 44.8 Å². The molecule has 0 radical (unpaired) electrons. The molecule has 0 aromatic heterocycles. The first-order chi connectivity index (χ1) is 12.9. The molecule has 0 unspecified atom stereocenters. The van der Waals surface area contributed by atoms with Crippen LogP contribution < -0.4 is 9.47 Å². The van der Waals surface area contributed by atoms with Gasteiger partial charge >= 0.3 is 5.97 Å². The van der Waals surface area contributed by atoms with Crippen molar-refractivity contribution < 1.29 is 24.1 Å². The fraction of sp³-hybridized carbons (Fsp3) is 0.409. The minimum Gasteiger partial charge on any atom is -0.497 e. The Morgan fingerprint density at radius 1 is 1.07 bits per heavy atom. The van der Waals surface area contributed by atoms with Crippen LogP contribution in [0.3, 0.4) is 0 Å². The Bertz CT molecular complexity index is 776. The lowest BCUT2D eigenvalue weighted by molar-refractivity contribution is -0.146. The van der Waals surface area contributed by atoms with Gasteiger partial charge in [0.05, 0.1) is 19.3 Å². The van der Waals surface area contributed by atoms with Crippen molar-refractivity contribution in [2.75, 3.05) is 13.7 Å². The molecule has 0 bridgehead atoms. The molecule has 1 aliphatic rings. The molecule has 2 aromatic carbocycles. The fourth-order valence-corrected chi connectivity index (χ4v) is 3.31. The number of carboxylic acids is 1. The van der Waals surface area contributed by atoms with Crippen LogP contribution in [0.4, 0.5) is 0 Å². The number of hydrogen-bond donors (Lipinski definition) is 1. The van der Waals surface area contributed by atoms with E-state index < -0.39 is 5.97 Å². The number of benzene rings is 2. The van der Waals surface area contributed by atoms with E-state index in [4.69, 9.17) is 19.3 Å². The third-order valence-corrected chi connectivity index (χ3v) is 4.74. The summed E-state index contributed by atoms with van der Waals surface area (Å²) in [6, 6.07) is 14.4. The molecule has 1 aliphatic carbocycles. The molecule has 5 nitrogen and oxygen atoms in total. The Morgan fingerprint density at radius 2 is 1.74 bits per heavy atom. The van der Waals surface area contributed by atoms with Crippen LogP contribution in [0.25, 0.3) is 11.1 Å². The van der Waals surface area contributed by atoms with Crippen LogP contribution in [0.5, 0.6) is 11.5 Å². The molecule has 144 valence electrons. The molecule has 5 heteroatoms. The Labute approximate surface area is 159 Å². The van der Waals surface area contributed by atoms with Gasteiger partial charge < -0.3 is 19.3 Å².